The van der Waals surface area contributed by atoms with Crippen LogP contribution in [0.2, 0.25) is 0 Å². The van der Waals surface area contributed by atoms with Crippen LogP contribution in [0.3, 0.4) is 0 Å². The molecule has 0 aliphatic rings. The molecule has 0 aromatic carbocycles. The number of hydrogen-bond acceptors (Lipinski definition) is 2. The van der Waals surface area contributed by atoms with Crippen molar-refractivity contribution in [1.29, 1.82) is 0 Å². The highest BCUT2D eigenvalue weighted by Crippen LogP contribution is 2.00. The average molecular weight is 120 g/mol. The molecule has 7 heavy (non-hydrogen) atoms. The molecule has 0 aliphatic carbocycles. The zero-order valence-electron chi connectivity index (χ0n) is 4.27. The van der Waals surface area contributed by atoms with Gasteiger partial charge in [0.2, 0.25) is 0 Å². The van der Waals surface area contributed by atoms with Gasteiger partial charge in [-0.15, -0.1) is 0 Å². The third kappa shape index (κ3) is 3.90. The Bertz CT molecular complexity index is 62.7. The second-order valence-corrected chi connectivity index (χ2v) is 1.90. The lowest BCUT2D eigenvalue weighted by atomic mass is 10.4. The van der Waals surface area contributed by atoms with Crippen molar-refractivity contribution < 1.29 is 9.69 Å². The molecule has 42 valence electrons. The molecule has 0 aliphatic heterocycles. The van der Waals surface area contributed by atoms with E-state index in [0.29, 0.717) is 12.6 Å². The Morgan fingerprint density at radius 2 is 2.43 bits per heavy atom. The fraction of sp³-hybridized carbons (Fsp3) is 0.750. The van der Waals surface area contributed by atoms with Crippen molar-refractivity contribution in [3.05, 3.63) is 0 Å². The monoisotopic (exact) mass is 120 g/mol. The molecule has 0 aromatic heterocycles. The van der Waals surface area contributed by atoms with Crippen LogP contribution >= 0.6 is 8.81 Å². The summed E-state index contributed by atoms with van der Waals surface area (Å²) < 4.78 is 0. The molecule has 0 radical (unpaired) electrons. The molecular weight excluding hydrogens is 111 g/mol. The summed E-state index contributed by atoms with van der Waals surface area (Å²) in [5.74, 6) is 0.140. The van der Waals surface area contributed by atoms with Gasteiger partial charge in [0.05, 0.1) is 0 Å². The van der Waals surface area contributed by atoms with Gasteiger partial charge >= 0.3 is 0 Å². The third-order valence-electron chi connectivity index (χ3n) is 0.671. The number of ketones is 1. The van der Waals surface area contributed by atoms with Gasteiger partial charge in [-0.2, -0.15) is 0 Å². The Labute approximate surface area is 44.8 Å². The topological polar surface area (TPSA) is 37.3 Å². The largest absolute Gasteiger partial charge is 0.377 e. The summed E-state index contributed by atoms with van der Waals surface area (Å²) >= 11 is 0. The highest BCUT2D eigenvalue weighted by atomic mass is 31.1. The number of hydrogen-bond donors (Lipinski definition) is 1. The Morgan fingerprint density at radius 3 is 2.57 bits per heavy atom. The van der Waals surface area contributed by atoms with E-state index < -0.39 is 0 Å². The van der Waals surface area contributed by atoms with Gasteiger partial charge in [-0.3, -0.25) is 4.79 Å². The lowest BCUT2D eigenvalue weighted by Crippen LogP contribution is -1.95. The van der Waals surface area contributed by atoms with Crippen LogP contribution in [0.4, 0.5) is 0 Å². The molecule has 0 amide bonds. The van der Waals surface area contributed by atoms with Crippen LogP contribution in [-0.4, -0.2) is 16.8 Å². The van der Waals surface area contributed by atoms with E-state index >= 15 is 0 Å². The van der Waals surface area contributed by atoms with Gasteiger partial charge in [0.25, 0.3) is 0 Å². The van der Waals surface area contributed by atoms with Gasteiger partial charge in [-0.1, -0.05) is 6.92 Å². The minimum absolute atomic E-state index is 0.140. The van der Waals surface area contributed by atoms with Gasteiger partial charge in [-0.05, 0) is 0 Å². The smallest absolute Gasteiger partial charge is 0.138 e. The summed E-state index contributed by atoms with van der Waals surface area (Å²) in [6.07, 6.45) is 0.893. The zero-order chi connectivity index (χ0) is 5.70. The molecule has 1 atom stereocenters. The predicted molar refractivity (Wildman–Crippen MR) is 30.7 cm³/mol. The van der Waals surface area contributed by atoms with Crippen LogP contribution in [0.15, 0.2) is 0 Å². The third-order valence-corrected chi connectivity index (χ3v) is 1.22. The van der Waals surface area contributed by atoms with Crippen molar-refractivity contribution in [1.82, 2.24) is 0 Å². The first kappa shape index (κ1) is 7.06. The summed E-state index contributed by atoms with van der Waals surface area (Å²) in [5, 5.41) is 0. The summed E-state index contributed by atoms with van der Waals surface area (Å²) in [5.41, 5.74) is 0. The predicted octanol–water partition coefficient (Wildman–Crippen LogP) is 0.551. The Hall–Kier alpha value is 0.0600. The van der Waals surface area contributed by atoms with E-state index in [1.807, 2.05) is 0 Å². The van der Waals surface area contributed by atoms with E-state index in [2.05, 4.69) is 0 Å². The molecule has 0 heterocycles. The van der Waals surface area contributed by atoms with E-state index in [1.165, 1.54) is 0 Å². The maximum atomic E-state index is 10.3. The molecule has 1 N–H and O–H groups in total. The first-order chi connectivity index (χ1) is 3.31. The fourth-order valence-electron chi connectivity index (χ4n) is 0.213. The lowest BCUT2D eigenvalue weighted by molar-refractivity contribution is -0.116. The summed E-state index contributed by atoms with van der Waals surface area (Å²) in [7, 11) is -0.205. The first-order valence-electron chi connectivity index (χ1n) is 2.20. The molecule has 0 saturated carbocycles. The van der Waals surface area contributed by atoms with Crippen molar-refractivity contribution in [3.63, 3.8) is 0 Å². The summed E-state index contributed by atoms with van der Waals surface area (Å²) in [6.45, 7) is 1.79. The highest BCUT2D eigenvalue weighted by Gasteiger charge is 1.92. The zero-order valence-corrected chi connectivity index (χ0v) is 5.27. The minimum Gasteiger partial charge on any atom is -0.377 e. The van der Waals surface area contributed by atoms with E-state index in [0.717, 1.165) is 0 Å². The molecule has 1 unspecified atom stereocenters. The molecular formula is C4H9O2P. The normalized spacial score (nSPS) is 10.6. The number of rotatable bonds is 3. The Morgan fingerprint density at radius 1 is 1.86 bits per heavy atom. The van der Waals surface area contributed by atoms with Gasteiger partial charge in [0.1, 0.15) is 5.78 Å². The van der Waals surface area contributed by atoms with Crippen molar-refractivity contribution >= 4 is 14.6 Å². The molecule has 0 aromatic rings. The molecule has 0 rings (SSSR count). The maximum absolute atomic E-state index is 10.3. The Balaban J connectivity index is 3.00. The van der Waals surface area contributed by atoms with E-state index in [9.17, 15) is 4.79 Å². The highest BCUT2D eigenvalue weighted by molar-refractivity contribution is 7.32. The number of carbonyl (C=O) groups excluding carboxylic acids is 1. The van der Waals surface area contributed by atoms with Crippen molar-refractivity contribution in [2.24, 2.45) is 0 Å². The minimum atomic E-state index is -0.205. The van der Waals surface area contributed by atoms with Gasteiger partial charge < -0.3 is 4.89 Å². The number of carbonyl (C=O) groups is 1. The molecule has 0 bridgehead atoms. The van der Waals surface area contributed by atoms with Crippen LogP contribution in [0.1, 0.15) is 13.3 Å². The summed E-state index contributed by atoms with van der Waals surface area (Å²) in [6, 6.07) is 0. The first-order valence-corrected chi connectivity index (χ1v) is 3.35. The average Bonchev–Trinajstić information content (AvgIpc) is 1.68. The van der Waals surface area contributed by atoms with E-state index in [-0.39, 0.29) is 14.6 Å². The second kappa shape index (κ2) is 4.23. The molecule has 0 saturated heterocycles. The summed E-state index contributed by atoms with van der Waals surface area (Å²) in [4.78, 5) is 18.4. The van der Waals surface area contributed by atoms with Crippen molar-refractivity contribution in [2.45, 2.75) is 13.3 Å². The molecule has 3 heteroatoms. The van der Waals surface area contributed by atoms with Crippen LogP contribution in [0, 0.1) is 0 Å². The van der Waals surface area contributed by atoms with Crippen molar-refractivity contribution in [3.8, 4) is 0 Å². The van der Waals surface area contributed by atoms with Gasteiger partial charge in [0.15, 0.2) is 0 Å². The molecule has 2 nitrogen and oxygen atoms in total. The Kier molecular flexibility index (Phi) is 4.26. The van der Waals surface area contributed by atoms with E-state index in [1.54, 1.807) is 6.92 Å². The molecule has 0 spiro atoms. The van der Waals surface area contributed by atoms with E-state index in [4.69, 9.17) is 4.89 Å². The van der Waals surface area contributed by atoms with Gasteiger partial charge in [-0.25, -0.2) is 0 Å². The number of Topliss-reactive ketones (excluding diaryl/α,β-unsaturated/α-hetero) is 1. The maximum Gasteiger partial charge on any atom is 0.138 e. The standard InChI is InChI=1S/C4H9O2P/c1-2-4(5)3-7-6/h6-7H,2-3H2,1H3. The van der Waals surface area contributed by atoms with Crippen LogP contribution in [0.5, 0.6) is 0 Å². The van der Waals surface area contributed by atoms with Crippen LogP contribution in [0.25, 0.3) is 0 Å². The molecule has 0 fully saturated rings. The second-order valence-electron chi connectivity index (χ2n) is 1.23. The van der Waals surface area contributed by atoms with Crippen LogP contribution < -0.4 is 0 Å². The van der Waals surface area contributed by atoms with Crippen LogP contribution in [-0.2, 0) is 4.79 Å². The van der Waals surface area contributed by atoms with Gasteiger partial charge in [0, 0.05) is 21.4 Å². The lowest BCUT2D eigenvalue weighted by Gasteiger charge is -1.86. The SMILES string of the molecule is CCC(=O)CPO. The van der Waals surface area contributed by atoms with Crippen molar-refractivity contribution in [2.75, 3.05) is 6.16 Å². The fourth-order valence-corrected chi connectivity index (χ4v) is 0.640. The quantitative estimate of drug-likeness (QED) is 0.552.